The van der Waals surface area contributed by atoms with E-state index in [2.05, 4.69) is 37.9 Å². The van der Waals surface area contributed by atoms with Gasteiger partial charge in [0.05, 0.1) is 10.2 Å². The van der Waals surface area contributed by atoms with E-state index in [0.717, 1.165) is 37.3 Å². The Morgan fingerprint density at radius 1 is 1.20 bits per heavy atom. The van der Waals surface area contributed by atoms with Gasteiger partial charge in [-0.25, -0.2) is 0 Å². The van der Waals surface area contributed by atoms with Crippen LogP contribution >= 0.6 is 12.2 Å². The lowest BCUT2D eigenvalue weighted by Crippen LogP contribution is -2.26. The largest absolute Gasteiger partial charge is 0.382 e. The standard InChI is InChI=1S/C16H28N2OS/c1-5-10-18(6-2)11-8-7-9-17-14-13(12(3)4)16(20)15(14)19/h12,17H,5-11H2,1-4H3. The van der Waals surface area contributed by atoms with Crippen molar-refractivity contribution >= 4 is 17.9 Å². The molecule has 1 aromatic carbocycles. The lowest BCUT2D eigenvalue weighted by molar-refractivity contribution is 0.283. The summed E-state index contributed by atoms with van der Waals surface area (Å²) in [6, 6.07) is 0. The smallest absolute Gasteiger partial charge is 0.220 e. The van der Waals surface area contributed by atoms with Crippen LogP contribution in [0.3, 0.4) is 0 Å². The Kier molecular flexibility index (Phi) is 7.38. The Hall–Kier alpha value is -0.740. The number of rotatable bonds is 10. The summed E-state index contributed by atoms with van der Waals surface area (Å²) < 4.78 is 0.530. The first kappa shape index (κ1) is 17.3. The first-order valence-electron chi connectivity index (χ1n) is 7.82. The number of nitrogens with one attached hydrogen (secondary N) is 1. The van der Waals surface area contributed by atoms with Crippen molar-refractivity contribution in [1.82, 2.24) is 4.90 Å². The van der Waals surface area contributed by atoms with E-state index in [9.17, 15) is 4.79 Å². The highest BCUT2D eigenvalue weighted by Crippen LogP contribution is 2.25. The van der Waals surface area contributed by atoms with E-state index in [1.54, 1.807) is 0 Å². The van der Waals surface area contributed by atoms with Gasteiger partial charge in [0.1, 0.15) is 0 Å². The van der Waals surface area contributed by atoms with E-state index >= 15 is 0 Å². The van der Waals surface area contributed by atoms with Gasteiger partial charge in [0, 0.05) is 12.1 Å². The molecule has 0 radical (unpaired) electrons. The summed E-state index contributed by atoms with van der Waals surface area (Å²) >= 11 is 5.11. The molecule has 20 heavy (non-hydrogen) atoms. The molecule has 114 valence electrons. The first-order chi connectivity index (χ1) is 9.52. The number of unbranched alkanes of at least 4 members (excludes halogenated alkanes) is 1. The summed E-state index contributed by atoms with van der Waals surface area (Å²) in [7, 11) is 0. The van der Waals surface area contributed by atoms with Crippen LogP contribution in [0, 0.1) is 4.51 Å². The molecule has 0 unspecified atom stereocenters. The maximum atomic E-state index is 11.7. The number of hydrogen-bond donors (Lipinski definition) is 1. The second-order valence-corrected chi connectivity index (χ2v) is 6.08. The van der Waals surface area contributed by atoms with E-state index < -0.39 is 0 Å². The molecule has 3 nitrogen and oxygen atoms in total. The fourth-order valence-electron chi connectivity index (χ4n) is 2.55. The van der Waals surface area contributed by atoms with E-state index in [4.69, 9.17) is 12.2 Å². The van der Waals surface area contributed by atoms with Gasteiger partial charge in [-0.05, 0) is 44.8 Å². The van der Waals surface area contributed by atoms with Crippen molar-refractivity contribution in [2.24, 2.45) is 0 Å². The van der Waals surface area contributed by atoms with Crippen molar-refractivity contribution in [3.05, 3.63) is 20.3 Å². The van der Waals surface area contributed by atoms with Crippen LogP contribution in [-0.4, -0.2) is 31.1 Å². The molecule has 0 saturated heterocycles. The highest BCUT2D eigenvalue weighted by atomic mass is 32.1. The minimum absolute atomic E-state index is 0.0323. The van der Waals surface area contributed by atoms with E-state index in [0.29, 0.717) is 10.4 Å². The van der Waals surface area contributed by atoms with Crippen LogP contribution in [0.4, 0.5) is 5.69 Å². The quantitative estimate of drug-likeness (QED) is 0.527. The van der Waals surface area contributed by atoms with Crippen molar-refractivity contribution in [1.29, 1.82) is 0 Å². The summed E-state index contributed by atoms with van der Waals surface area (Å²) in [6.07, 6.45) is 3.47. The molecule has 0 atom stereocenters. The fraction of sp³-hybridized carbons (Fsp3) is 0.750. The van der Waals surface area contributed by atoms with Crippen molar-refractivity contribution < 1.29 is 0 Å². The Morgan fingerprint density at radius 3 is 2.45 bits per heavy atom. The van der Waals surface area contributed by atoms with Gasteiger partial charge in [-0.2, -0.15) is 0 Å². The Bertz CT molecular complexity index is 475. The zero-order valence-electron chi connectivity index (χ0n) is 13.3. The van der Waals surface area contributed by atoms with Crippen LogP contribution < -0.4 is 10.7 Å². The van der Waals surface area contributed by atoms with Crippen molar-refractivity contribution in [2.45, 2.75) is 52.9 Å². The van der Waals surface area contributed by atoms with Crippen molar-refractivity contribution in [3.8, 4) is 0 Å². The second kappa shape index (κ2) is 8.53. The fourth-order valence-corrected chi connectivity index (χ4v) is 2.99. The van der Waals surface area contributed by atoms with Gasteiger partial charge in [0.15, 0.2) is 0 Å². The zero-order valence-corrected chi connectivity index (χ0v) is 14.1. The van der Waals surface area contributed by atoms with Gasteiger partial charge < -0.3 is 10.2 Å². The monoisotopic (exact) mass is 296 g/mol. The minimum Gasteiger partial charge on any atom is -0.382 e. The highest BCUT2D eigenvalue weighted by molar-refractivity contribution is 7.71. The molecule has 0 bridgehead atoms. The van der Waals surface area contributed by atoms with Crippen LogP contribution in [0.5, 0.6) is 0 Å². The van der Waals surface area contributed by atoms with E-state index in [1.165, 1.54) is 19.4 Å². The topological polar surface area (TPSA) is 32.3 Å². The average molecular weight is 296 g/mol. The maximum Gasteiger partial charge on any atom is 0.220 e. The summed E-state index contributed by atoms with van der Waals surface area (Å²) in [5, 5.41) is 3.28. The van der Waals surface area contributed by atoms with Gasteiger partial charge in [0.2, 0.25) is 5.43 Å². The number of nitrogens with zero attached hydrogens (tertiary/aromatic N) is 1. The van der Waals surface area contributed by atoms with E-state index in [-0.39, 0.29) is 5.43 Å². The molecular weight excluding hydrogens is 268 g/mol. The second-order valence-electron chi connectivity index (χ2n) is 5.67. The summed E-state index contributed by atoms with van der Waals surface area (Å²) in [5.41, 5.74) is 1.85. The molecule has 0 aliphatic heterocycles. The zero-order chi connectivity index (χ0) is 15.1. The van der Waals surface area contributed by atoms with Gasteiger partial charge in [-0.3, -0.25) is 4.79 Å². The Balaban J connectivity index is 2.30. The van der Waals surface area contributed by atoms with Gasteiger partial charge in [-0.15, -0.1) is 0 Å². The third-order valence-electron chi connectivity index (χ3n) is 3.71. The molecule has 1 N–H and O–H groups in total. The molecule has 4 heteroatoms. The van der Waals surface area contributed by atoms with Crippen LogP contribution in [0.25, 0.3) is 0 Å². The number of anilines is 1. The molecule has 0 fully saturated rings. The molecule has 1 rings (SSSR count). The van der Waals surface area contributed by atoms with Crippen molar-refractivity contribution in [2.75, 3.05) is 31.5 Å². The molecule has 0 spiro atoms. The lowest BCUT2D eigenvalue weighted by atomic mass is 9.96. The third kappa shape index (κ3) is 4.38. The predicted molar refractivity (Wildman–Crippen MR) is 90.1 cm³/mol. The molecular formula is C16H28N2OS. The van der Waals surface area contributed by atoms with Crippen LogP contribution in [0.2, 0.25) is 0 Å². The van der Waals surface area contributed by atoms with Crippen LogP contribution in [-0.2, 0) is 0 Å². The lowest BCUT2D eigenvalue weighted by Gasteiger charge is -2.20. The third-order valence-corrected chi connectivity index (χ3v) is 4.12. The molecule has 0 aliphatic carbocycles. The van der Waals surface area contributed by atoms with Gasteiger partial charge >= 0.3 is 0 Å². The SMILES string of the molecule is CCCN(CC)CCCCNc1c(C(C)C)c(=S)c1=O. The van der Waals surface area contributed by atoms with E-state index in [1.807, 2.05) is 0 Å². The normalized spacial score (nSPS) is 11.7. The highest BCUT2D eigenvalue weighted by Gasteiger charge is 2.19. The average Bonchev–Trinajstić information content (AvgIpc) is 2.43. The molecule has 1 aromatic rings. The molecule has 0 aliphatic rings. The summed E-state index contributed by atoms with van der Waals surface area (Å²) in [5.74, 6) is 0.336. The molecule has 0 heterocycles. The Labute approximate surface area is 128 Å². The molecule has 0 aromatic heterocycles. The first-order valence-corrected chi connectivity index (χ1v) is 8.23. The summed E-state index contributed by atoms with van der Waals surface area (Å²) in [6.45, 7) is 12.9. The maximum absolute atomic E-state index is 11.7. The van der Waals surface area contributed by atoms with Gasteiger partial charge in [0.25, 0.3) is 0 Å². The predicted octanol–water partition coefficient (Wildman–Crippen LogP) is 3.70. The summed E-state index contributed by atoms with van der Waals surface area (Å²) in [4.78, 5) is 14.2. The van der Waals surface area contributed by atoms with Crippen molar-refractivity contribution in [3.63, 3.8) is 0 Å². The Morgan fingerprint density at radius 2 is 1.90 bits per heavy atom. The number of hydrogen-bond acceptors (Lipinski definition) is 4. The minimum atomic E-state index is 0.0323. The van der Waals surface area contributed by atoms with Gasteiger partial charge in [-0.1, -0.05) is 39.9 Å². The molecule has 0 saturated carbocycles. The molecule has 0 amide bonds. The van der Waals surface area contributed by atoms with Crippen LogP contribution in [0.15, 0.2) is 4.79 Å². The van der Waals surface area contributed by atoms with Crippen LogP contribution in [0.1, 0.15) is 58.4 Å².